The summed E-state index contributed by atoms with van der Waals surface area (Å²) in [4.78, 5) is 23.2. The second kappa shape index (κ2) is 7.10. The number of fused-ring (bicyclic) bond motifs is 1. The summed E-state index contributed by atoms with van der Waals surface area (Å²) in [6, 6.07) is 7.38. The van der Waals surface area contributed by atoms with Gasteiger partial charge in [0, 0.05) is 11.6 Å². The van der Waals surface area contributed by atoms with Crippen molar-refractivity contribution >= 4 is 11.6 Å². The Hall–Kier alpha value is -3.16. The summed E-state index contributed by atoms with van der Waals surface area (Å²) in [5.41, 5.74) is 0.291. The lowest BCUT2D eigenvalue weighted by atomic mass is 10.0. The van der Waals surface area contributed by atoms with Gasteiger partial charge in [0.2, 0.25) is 0 Å². The molecule has 0 bridgehead atoms. The Bertz CT molecular complexity index is 958. The molecule has 1 amide bonds. The molecule has 0 radical (unpaired) electrons. The number of rotatable bonds is 5. The van der Waals surface area contributed by atoms with Gasteiger partial charge in [0.15, 0.2) is 11.5 Å². The number of carbonyl (C=O) groups excluding carboxylic acids is 1. The van der Waals surface area contributed by atoms with Crippen LogP contribution < -0.4 is 14.8 Å². The van der Waals surface area contributed by atoms with Gasteiger partial charge in [-0.3, -0.25) is 14.9 Å². The van der Waals surface area contributed by atoms with Crippen LogP contribution in [0.4, 0.5) is 10.1 Å². The van der Waals surface area contributed by atoms with E-state index < -0.39 is 22.3 Å². The topological polar surface area (TPSA) is 90.7 Å². The van der Waals surface area contributed by atoms with Crippen LogP contribution in [0.2, 0.25) is 0 Å². The average molecular weight is 386 g/mol. The standard InChI is InChI=1S/C20H19FN2O5/c1-11-15(21)8-14(9-16(11)23(25)26)20(24)22-19(12-2-3-12)13-4-5-17-18(10-13)28-7-6-27-17/h4-5,8-10,12,19H,2-3,6-7H2,1H3,(H,22,24). The fourth-order valence-corrected chi connectivity index (χ4v) is 3.37. The summed E-state index contributed by atoms with van der Waals surface area (Å²) in [6.45, 7) is 2.27. The molecule has 0 spiro atoms. The lowest BCUT2D eigenvalue weighted by Crippen LogP contribution is -2.30. The number of amides is 1. The third-order valence-electron chi connectivity index (χ3n) is 5.08. The number of hydrogen-bond acceptors (Lipinski definition) is 5. The van der Waals surface area contributed by atoms with Crippen molar-refractivity contribution in [3.63, 3.8) is 0 Å². The van der Waals surface area contributed by atoms with E-state index in [4.69, 9.17) is 9.47 Å². The molecule has 28 heavy (non-hydrogen) atoms. The maximum Gasteiger partial charge on any atom is 0.276 e. The van der Waals surface area contributed by atoms with E-state index in [-0.39, 0.29) is 23.1 Å². The summed E-state index contributed by atoms with van der Waals surface area (Å²) >= 11 is 0. The fourth-order valence-electron chi connectivity index (χ4n) is 3.37. The summed E-state index contributed by atoms with van der Waals surface area (Å²) in [5, 5.41) is 14.0. The minimum Gasteiger partial charge on any atom is -0.486 e. The Kier molecular flexibility index (Phi) is 4.62. The molecule has 0 aromatic heterocycles. The molecule has 146 valence electrons. The van der Waals surface area contributed by atoms with Crippen molar-refractivity contribution in [2.75, 3.05) is 13.2 Å². The minimum atomic E-state index is -0.776. The van der Waals surface area contributed by atoms with Gasteiger partial charge < -0.3 is 14.8 Å². The van der Waals surface area contributed by atoms with Crippen LogP contribution in [0.3, 0.4) is 0 Å². The molecule has 4 rings (SSSR count). The molecule has 1 heterocycles. The number of nitrogens with one attached hydrogen (secondary N) is 1. The Labute approximate surface area is 160 Å². The molecule has 1 aliphatic heterocycles. The van der Waals surface area contributed by atoms with Crippen LogP contribution in [0.5, 0.6) is 11.5 Å². The maximum atomic E-state index is 14.1. The number of halogens is 1. The van der Waals surface area contributed by atoms with E-state index in [9.17, 15) is 19.3 Å². The van der Waals surface area contributed by atoms with Crippen LogP contribution in [0.25, 0.3) is 0 Å². The highest BCUT2D eigenvalue weighted by Gasteiger charge is 2.34. The number of nitrogens with zero attached hydrogens (tertiary/aromatic N) is 1. The molecule has 1 atom stereocenters. The number of benzene rings is 2. The molecule has 1 fully saturated rings. The van der Waals surface area contributed by atoms with Crippen LogP contribution in [-0.4, -0.2) is 24.0 Å². The highest BCUT2D eigenvalue weighted by atomic mass is 19.1. The normalized spacial score (nSPS) is 16.4. The third kappa shape index (κ3) is 3.49. The van der Waals surface area contributed by atoms with E-state index in [0.29, 0.717) is 24.7 Å². The van der Waals surface area contributed by atoms with Crippen LogP contribution in [-0.2, 0) is 0 Å². The zero-order chi connectivity index (χ0) is 19.8. The van der Waals surface area contributed by atoms with E-state index in [2.05, 4.69) is 5.32 Å². The van der Waals surface area contributed by atoms with Crippen LogP contribution in [0, 0.1) is 28.8 Å². The van der Waals surface area contributed by atoms with E-state index >= 15 is 0 Å². The van der Waals surface area contributed by atoms with Gasteiger partial charge in [-0.15, -0.1) is 0 Å². The first-order valence-corrected chi connectivity index (χ1v) is 9.09. The van der Waals surface area contributed by atoms with Gasteiger partial charge in [0.05, 0.1) is 16.5 Å². The van der Waals surface area contributed by atoms with Gasteiger partial charge in [-0.25, -0.2) is 4.39 Å². The van der Waals surface area contributed by atoms with Crippen LogP contribution in [0.1, 0.15) is 40.4 Å². The first-order chi connectivity index (χ1) is 13.4. The summed E-state index contributed by atoms with van der Waals surface area (Å²) < 4.78 is 25.2. The average Bonchev–Trinajstić information content (AvgIpc) is 3.52. The van der Waals surface area contributed by atoms with Gasteiger partial charge in [-0.1, -0.05) is 6.07 Å². The zero-order valence-electron chi connectivity index (χ0n) is 15.2. The van der Waals surface area contributed by atoms with Crippen molar-refractivity contribution in [3.8, 4) is 11.5 Å². The quantitative estimate of drug-likeness (QED) is 0.625. The molecular formula is C20H19FN2O5. The monoisotopic (exact) mass is 386 g/mol. The lowest BCUT2D eigenvalue weighted by molar-refractivity contribution is -0.385. The van der Waals surface area contributed by atoms with Crippen molar-refractivity contribution in [1.82, 2.24) is 5.32 Å². The SMILES string of the molecule is Cc1c(F)cc(C(=O)NC(c2ccc3c(c2)OCCO3)C2CC2)cc1[N+](=O)[O-]. The maximum absolute atomic E-state index is 14.1. The molecule has 7 nitrogen and oxygen atoms in total. The third-order valence-corrected chi connectivity index (χ3v) is 5.08. The molecule has 2 aliphatic rings. The van der Waals surface area contributed by atoms with Gasteiger partial charge in [0.25, 0.3) is 11.6 Å². The predicted octanol–water partition coefficient (Wildman–Crippen LogP) is 3.69. The first kappa shape index (κ1) is 18.2. The number of nitro benzene ring substituents is 1. The summed E-state index contributed by atoms with van der Waals surface area (Å²) in [7, 11) is 0. The Morgan fingerprint density at radius 2 is 1.93 bits per heavy atom. The van der Waals surface area contributed by atoms with Crippen molar-refractivity contribution in [3.05, 3.63) is 63.0 Å². The van der Waals surface area contributed by atoms with Crippen molar-refractivity contribution < 1.29 is 23.6 Å². The summed E-state index contributed by atoms with van der Waals surface area (Å²) in [6.07, 6.45) is 1.92. The van der Waals surface area contributed by atoms with E-state index in [1.54, 1.807) is 0 Å². The highest BCUT2D eigenvalue weighted by Crippen LogP contribution is 2.43. The second-order valence-corrected chi connectivity index (χ2v) is 7.05. The highest BCUT2D eigenvalue weighted by molar-refractivity contribution is 5.95. The molecule has 1 N–H and O–H groups in total. The molecule has 0 saturated heterocycles. The smallest absolute Gasteiger partial charge is 0.276 e. The Morgan fingerprint density at radius 1 is 1.21 bits per heavy atom. The van der Waals surface area contributed by atoms with Crippen LogP contribution >= 0.6 is 0 Å². The Balaban J connectivity index is 1.61. The number of ether oxygens (including phenoxy) is 2. The predicted molar refractivity (Wildman–Crippen MR) is 98.2 cm³/mol. The van der Waals surface area contributed by atoms with Crippen molar-refractivity contribution in [2.45, 2.75) is 25.8 Å². The molecule has 8 heteroatoms. The van der Waals surface area contributed by atoms with E-state index in [1.807, 2.05) is 18.2 Å². The fraction of sp³-hybridized carbons (Fsp3) is 0.350. The lowest BCUT2D eigenvalue weighted by Gasteiger charge is -2.23. The molecule has 2 aromatic carbocycles. The minimum absolute atomic E-state index is 0.0713. The molecule has 1 unspecified atom stereocenters. The zero-order valence-corrected chi connectivity index (χ0v) is 15.2. The van der Waals surface area contributed by atoms with Crippen LogP contribution in [0.15, 0.2) is 30.3 Å². The van der Waals surface area contributed by atoms with Gasteiger partial charge in [-0.2, -0.15) is 0 Å². The Morgan fingerprint density at radius 3 is 2.61 bits per heavy atom. The van der Waals surface area contributed by atoms with E-state index in [0.717, 1.165) is 30.5 Å². The molecular weight excluding hydrogens is 367 g/mol. The summed E-state index contributed by atoms with van der Waals surface area (Å²) in [5.74, 6) is 0.222. The van der Waals surface area contributed by atoms with Gasteiger partial charge >= 0.3 is 0 Å². The molecule has 1 saturated carbocycles. The van der Waals surface area contributed by atoms with Crippen molar-refractivity contribution in [1.29, 1.82) is 0 Å². The molecule has 1 aliphatic carbocycles. The van der Waals surface area contributed by atoms with Gasteiger partial charge in [-0.05, 0) is 49.4 Å². The van der Waals surface area contributed by atoms with Gasteiger partial charge in [0.1, 0.15) is 19.0 Å². The number of carbonyl (C=O) groups is 1. The molecule has 2 aromatic rings. The number of nitro groups is 1. The second-order valence-electron chi connectivity index (χ2n) is 7.05. The van der Waals surface area contributed by atoms with E-state index in [1.165, 1.54) is 6.92 Å². The number of hydrogen-bond donors (Lipinski definition) is 1. The largest absolute Gasteiger partial charge is 0.486 e. The first-order valence-electron chi connectivity index (χ1n) is 9.09. The van der Waals surface area contributed by atoms with Crippen molar-refractivity contribution in [2.24, 2.45) is 5.92 Å².